The van der Waals surface area contributed by atoms with E-state index in [1.807, 2.05) is 19.1 Å². The van der Waals surface area contributed by atoms with Crippen LogP contribution < -0.4 is 0 Å². The maximum atomic E-state index is 9.35. The van der Waals surface area contributed by atoms with Crippen molar-refractivity contribution in [2.24, 2.45) is 5.92 Å². The fraction of sp³-hybridized carbons (Fsp3) is 0.222. The number of aliphatic hydroxyl groups excluding tert-OH is 1. The van der Waals surface area contributed by atoms with E-state index in [-0.39, 0.29) is 22.3 Å². The van der Waals surface area contributed by atoms with Gasteiger partial charge >= 0.3 is 0 Å². The van der Waals surface area contributed by atoms with Crippen molar-refractivity contribution in [1.29, 1.82) is 5.26 Å². The third-order valence-electron chi connectivity index (χ3n) is 1.57. The molecule has 0 saturated carbocycles. The summed E-state index contributed by atoms with van der Waals surface area (Å²) in [6, 6.07) is 1.84. The lowest BCUT2D eigenvalue weighted by Crippen LogP contribution is -1.88. The second-order valence-corrected chi connectivity index (χ2v) is 3.01. The molecule has 1 rings (SSSR count). The smallest absolute Gasteiger partial charge is 0.131 e. The van der Waals surface area contributed by atoms with E-state index in [2.05, 4.69) is 0 Å². The van der Waals surface area contributed by atoms with Gasteiger partial charge in [-0.15, -0.1) is 0 Å². The first kappa shape index (κ1) is 8.89. The average Bonchev–Trinajstić information content (AvgIpc) is 2.12. The summed E-state index contributed by atoms with van der Waals surface area (Å²) >= 11 is 5.72. The molecule has 1 atom stereocenters. The van der Waals surface area contributed by atoms with E-state index >= 15 is 0 Å². The Labute approximate surface area is 76.1 Å². The second kappa shape index (κ2) is 3.46. The summed E-state index contributed by atoms with van der Waals surface area (Å²) < 4.78 is 0. The van der Waals surface area contributed by atoms with E-state index in [0.717, 1.165) is 0 Å². The Hall–Kier alpha value is -1.20. The first-order chi connectivity index (χ1) is 5.65. The van der Waals surface area contributed by atoms with Crippen LogP contribution in [0.1, 0.15) is 6.92 Å². The Morgan fingerprint density at radius 1 is 1.67 bits per heavy atom. The molecule has 0 aromatic heterocycles. The Kier molecular flexibility index (Phi) is 2.57. The number of allylic oxidation sites excluding steroid dienone is 5. The molecule has 2 nitrogen and oxygen atoms in total. The van der Waals surface area contributed by atoms with E-state index in [9.17, 15) is 5.11 Å². The Bertz CT molecular complexity index is 320. The molecule has 0 aromatic rings. The standard InChI is InChI=1S/C9H8ClNO/c1-6-2-3-8(10)7(5-11)9(12)4-6/h2-4,6,12H,1H3. The van der Waals surface area contributed by atoms with Crippen LogP contribution in [0.2, 0.25) is 0 Å². The molecule has 3 heteroatoms. The number of hydrogen-bond acceptors (Lipinski definition) is 2. The highest BCUT2D eigenvalue weighted by atomic mass is 35.5. The molecule has 0 saturated heterocycles. The molecule has 0 spiro atoms. The summed E-state index contributed by atoms with van der Waals surface area (Å²) in [6.45, 7) is 1.90. The predicted molar refractivity (Wildman–Crippen MR) is 47.5 cm³/mol. The van der Waals surface area contributed by atoms with Gasteiger partial charge in [-0.1, -0.05) is 24.6 Å². The molecule has 1 aliphatic rings. The van der Waals surface area contributed by atoms with E-state index in [0.29, 0.717) is 0 Å². The van der Waals surface area contributed by atoms with Crippen molar-refractivity contribution < 1.29 is 5.11 Å². The lowest BCUT2D eigenvalue weighted by molar-refractivity contribution is 0.422. The van der Waals surface area contributed by atoms with Gasteiger partial charge in [-0.2, -0.15) is 5.26 Å². The number of nitriles is 1. The zero-order chi connectivity index (χ0) is 9.14. The van der Waals surface area contributed by atoms with E-state index < -0.39 is 0 Å². The minimum atomic E-state index is -0.0417. The highest BCUT2D eigenvalue weighted by Gasteiger charge is 2.11. The van der Waals surface area contributed by atoms with Crippen molar-refractivity contribution in [3.63, 3.8) is 0 Å². The Morgan fingerprint density at radius 2 is 2.33 bits per heavy atom. The van der Waals surface area contributed by atoms with Crippen LogP contribution >= 0.6 is 11.6 Å². The Balaban J connectivity index is 3.17. The van der Waals surface area contributed by atoms with Crippen LogP contribution in [-0.4, -0.2) is 5.11 Å². The van der Waals surface area contributed by atoms with Crippen LogP contribution in [0.25, 0.3) is 0 Å². The summed E-state index contributed by atoms with van der Waals surface area (Å²) in [5.74, 6) is 0.0598. The molecular formula is C9H8ClNO. The molecule has 0 aromatic carbocycles. The number of halogens is 1. The summed E-state index contributed by atoms with van der Waals surface area (Å²) in [5.41, 5.74) is 0.136. The van der Waals surface area contributed by atoms with Crippen molar-refractivity contribution in [2.45, 2.75) is 6.92 Å². The minimum absolute atomic E-state index is 0.0417. The summed E-state index contributed by atoms with van der Waals surface area (Å²) in [6.07, 6.45) is 5.04. The molecule has 0 fully saturated rings. The van der Waals surface area contributed by atoms with Gasteiger partial charge in [0.1, 0.15) is 17.4 Å². The summed E-state index contributed by atoms with van der Waals surface area (Å²) in [4.78, 5) is 0. The van der Waals surface area contributed by atoms with Crippen LogP contribution in [0.5, 0.6) is 0 Å². The van der Waals surface area contributed by atoms with Gasteiger partial charge in [0.2, 0.25) is 0 Å². The molecule has 62 valence electrons. The lowest BCUT2D eigenvalue weighted by Gasteiger charge is -1.97. The van der Waals surface area contributed by atoms with Gasteiger partial charge < -0.3 is 5.11 Å². The SMILES string of the molecule is CC1C=CC(Cl)=C(C#N)C(O)=C1. The van der Waals surface area contributed by atoms with Gasteiger partial charge in [-0.3, -0.25) is 0 Å². The van der Waals surface area contributed by atoms with E-state index in [4.69, 9.17) is 16.9 Å². The summed E-state index contributed by atoms with van der Waals surface area (Å²) in [5, 5.41) is 18.2. The maximum absolute atomic E-state index is 9.35. The molecule has 0 radical (unpaired) electrons. The number of hydrogen-bond donors (Lipinski definition) is 1. The van der Waals surface area contributed by atoms with Crippen molar-refractivity contribution in [3.05, 3.63) is 34.6 Å². The van der Waals surface area contributed by atoms with Gasteiger partial charge in [-0.05, 0) is 18.1 Å². The van der Waals surface area contributed by atoms with Crippen LogP contribution in [-0.2, 0) is 0 Å². The van der Waals surface area contributed by atoms with E-state index in [1.165, 1.54) is 0 Å². The molecule has 0 aliphatic heterocycles. The number of aliphatic hydroxyl groups is 1. The second-order valence-electron chi connectivity index (χ2n) is 2.60. The highest BCUT2D eigenvalue weighted by molar-refractivity contribution is 6.32. The highest BCUT2D eigenvalue weighted by Crippen LogP contribution is 2.22. The van der Waals surface area contributed by atoms with Crippen LogP contribution in [0.15, 0.2) is 34.6 Å². The van der Waals surface area contributed by atoms with Crippen molar-refractivity contribution >= 4 is 11.6 Å². The van der Waals surface area contributed by atoms with Gasteiger partial charge in [0, 0.05) is 0 Å². The van der Waals surface area contributed by atoms with Crippen molar-refractivity contribution in [2.75, 3.05) is 0 Å². The molecule has 1 N–H and O–H groups in total. The molecule has 0 heterocycles. The normalized spacial score (nSPS) is 23.1. The quantitative estimate of drug-likeness (QED) is 0.625. The zero-order valence-corrected chi connectivity index (χ0v) is 7.34. The van der Waals surface area contributed by atoms with Crippen LogP contribution in [0, 0.1) is 17.2 Å². The van der Waals surface area contributed by atoms with Gasteiger partial charge in [0.05, 0.1) is 5.03 Å². The van der Waals surface area contributed by atoms with Gasteiger partial charge in [0.25, 0.3) is 0 Å². The largest absolute Gasteiger partial charge is 0.507 e. The molecule has 12 heavy (non-hydrogen) atoms. The number of nitrogens with zero attached hydrogens (tertiary/aromatic N) is 1. The van der Waals surface area contributed by atoms with Crippen molar-refractivity contribution in [1.82, 2.24) is 0 Å². The van der Waals surface area contributed by atoms with Gasteiger partial charge in [0.15, 0.2) is 0 Å². The third kappa shape index (κ3) is 1.69. The van der Waals surface area contributed by atoms with Crippen LogP contribution in [0.4, 0.5) is 0 Å². The minimum Gasteiger partial charge on any atom is -0.507 e. The molecule has 1 unspecified atom stereocenters. The lowest BCUT2D eigenvalue weighted by atomic mass is 10.1. The first-order valence-electron chi connectivity index (χ1n) is 3.54. The topological polar surface area (TPSA) is 44.0 Å². The third-order valence-corrected chi connectivity index (χ3v) is 1.89. The zero-order valence-electron chi connectivity index (χ0n) is 6.58. The van der Waals surface area contributed by atoms with Crippen LogP contribution in [0.3, 0.4) is 0 Å². The predicted octanol–water partition coefficient (Wildman–Crippen LogP) is 2.65. The monoisotopic (exact) mass is 181 g/mol. The first-order valence-corrected chi connectivity index (χ1v) is 3.92. The average molecular weight is 182 g/mol. The molecule has 0 amide bonds. The maximum Gasteiger partial charge on any atom is 0.131 e. The van der Waals surface area contributed by atoms with E-state index in [1.54, 1.807) is 12.2 Å². The van der Waals surface area contributed by atoms with Crippen molar-refractivity contribution in [3.8, 4) is 6.07 Å². The fourth-order valence-electron chi connectivity index (χ4n) is 0.941. The van der Waals surface area contributed by atoms with Gasteiger partial charge in [-0.25, -0.2) is 0 Å². The molecular weight excluding hydrogens is 174 g/mol. The molecule has 1 aliphatic carbocycles. The number of rotatable bonds is 0. The molecule has 0 bridgehead atoms. The Morgan fingerprint density at radius 3 is 2.92 bits per heavy atom. The fourth-order valence-corrected chi connectivity index (χ4v) is 1.15. The summed E-state index contributed by atoms with van der Waals surface area (Å²) in [7, 11) is 0.